The molecule has 2 aromatic carbocycles. The molecule has 10 heteroatoms. The third-order valence-corrected chi connectivity index (χ3v) is 11.0. The van der Waals surface area contributed by atoms with Gasteiger partial charge in [0.05, 0.1) is 13.2 Å². The second-order valence-corrected chi connectivity index (χ2v) is 14.4. The number of aromatic nitrogens is 1. The van der Waals surface area contributed by atoms with Crippen LogP contribution in [0.15, 0.2) is 46.1 Å². The molecule has 2 fully saturated rings. The monoisotopic (exact) mass is 660 g/mol. The van der Waals surface area contributed by atoms with Gasteiger partial charge in [-0.25, -0.2) is 0 Å². The predicted molar refractivity (Wildman–Crippen MR) is 187 cm³/mol. The van der Waals surface area contributed by atoms with Crippen LogP contribution in [0.3, 0.4) is 0 Å². The lowest BCUT2D eigenvalue weighted by Gasteiger charge is -2.39. The zero-order valence-corrected chi connectivity index (χ0v) is 29.4. The number of nitrogens with zero attached hydrogens (tertiary/aromatic N) is 2. The van der Waals surface area contributed by atoms with Crippen LogP contribution in [0.5, 0.6) is 11.5 Å². The summed E-state index contributed by atoms with van der Waals surface area (Å²) in [6, 6.07) is 13.0. The first-order chi connectivity index (χ1) is 22.6. The number of ether oxygens (including phenoxy) is 3. The second kappa shape index (κ2) is 14.0. The summed E-state index contributed by atoms with van der Waals surface area (Å²) in [6.07, 6.45) is 6.14. The fourth-order valence-corrected chi connectivity index (χ4v) is 7.93. The van der Waals surface area contributed by atoms with E-state index in [-0.39, 0.29) is 23.9 Å². The standard InChI is InChI=1S/C37H48N4O5S/c1-23-19-32(47-6)31(36(43)39-23)21-38-35(42)29-20-30(26-9-7-25(8-10-26)22-41-15-17-44-18-16-41)34-33(24(29)2)45-37(3,46-34)27-11-13-28(14-12-27)40(4)5/h7-10,19-20,27-28H,11-18,21-22H2,1-6H3,(H,38,42)(H,39,43). The Kier molecular flexibility index (Phi) is 10.0. The average molecular weight is 661 g/mol. The number of thioether (sulfide) groups is 1. The van der Waals surface area contributed by atoms with Crippen molar-refractivity contribution in [3.63, 3.8) is 0 Å². The largest absolute Gasteiger partial charge is 0.448 e. The fraction of sp³-hybridized carbons (Fsp3) is 0.514. The molecule has 9 nitrogen and oxygen atoms in total. The Morgan fingerprint density at radius 3 is 2.38 bits per heavy atom. The number of pyridine rings is 1. The van der Waals surface area contributed by atoms with Crippen LogP contribution >= 0.6 is 11.8 Å². The quantitative estimate of drug-likeness (QED) is 0.280. The van der Waals surface area contributed by atoms with E-state index in [4.69, 9.17) is 14.2 Å². The van der Waals surface area contributed by atoms with Crippen LogP contribution < -0.4 is 20.3 Å². The molecule has 0 bridgehead atoms. The number of aromatic amines is 1. The first-order valence-electron chi connectivity index (χ1n) is 16.7. The third-order valence-electron chi connectivity index (χ3n) is 10.2. The molecule has 1 unspecified atom stereocenters. The maximum Gasteiger partial charge on any atom is 0.254 e. The average Bonchev–Trinajstić information content (AvgIpc) is 3.44. The highest BCUT2D eigenvalue weighted by atomic mass is 32.2. The molecular formula is C37H48N4O5S. The highest BCUT2D eigenvalue weighted by Gasteiger charge is 2.47. The molecule has 3 aliphatic rings. The van der Waals surface area contributed by atoms with E-state index in [9.17, 15) is 9.59 Å². The van der Waals surface area contributed by atoms with Crippen molar-refractivity contribution in [1.29, 1.82) is 0 Å². The van der Waals surface area contributed by atoms with Crippen LogP contribution in [-0.4, -0.2) is 79.2 Å². The van der Waals surface area contributed by atoms with Gasteiger partial charge in [-0.2, -0.15) is 0 Å². The highest BCUT2D eigenvalue weighted by Crippen LogP contribution is 2.53. The van der Waals surface area contributed by atoms with Crippen LogP contribution in [0.1, 0.15) is 65.3 Å². The molecule has 2 aliphatic heterocycles. The van der Waals surface area contributed by atoms with Crippen molar-refractivity contribution in [2.24, 2.45) is 5.92 Å². The van der Waals surface area contributed by atoms with E-state index in [0.29, 0.717) is 28.7 Å². The van der Waals surface area contributed by atoms with E-state index >= 15 is 0 Å². The molecule has 1 atom stereocenters. The maximum absolute atomic E-state index is 13.9. The Morgan fingerprint density at radius 1 is 1.04 bits per heavy atom. The molecule has 6 rings (SSSR count). The van der Waals surface area contributed by atoms with Crippen molar-refractivity contribution in [2.75, 3.05) is 46.7 Å². The molecule has 0 spiro atoms. The van der Waals surface area contributed by atoms with Gasteiger partial charge in [-0.1, -0.05) is 24.3 Å². The third kappa shape index (κ3) is 7.11. The van der Waals surface area contributed by atoms with E-state index in [1.54, 1.807) is 0 Å². The molecular weight excluding hydrogens is 612 g/mol. The van der Waals surface area contributed by atoms with Gasteiger partial charge in [-0.05, 0) is 83.1 Å². The van der Waals surface area contributed by atoms with Crippen molar-refractivity contribution in [3.05, 3.63) is 74.7 Å². The Hall–Kier alpha value is -3.31. The Balaban J connectivity index is 1.31. The molecule has 252 valence electrons. The number of benzene rings is 2. The van der Waals surface area contributed by atoms with Gasteiger partial charge in [0.2, 0.25) is 0 Å². The number of rotatable bonds is 9. The molecule has 1 saturated carbocycles. The first-order valence-corrected chi connectivity index (χ1v) is 17.9. The lowest BCUT2D eigenvalue weighted by Crippen LogP contribution is -2.46. The predicted octanol–water partition coefficient (Wildman–Crippen LogP) is 5.75. The number of nitrogens with one attached hydrogen (secondary N) is 2. The SMILES string of the molecule is CSc1cc(C)[nH]c(=O)c1CNC(=O)c1cc(-c2ccc(CN3CCOCC3)cc2)c2c(c1C)OC(C)(C1CCC(N(C)C)CC1)O2. The van der Waals surface area contributed by atoms with Gasteiger partial charge in [0.15, 0.2) is 11.5 Å². The van der Waals surface area contributed by atoms with Gasteiger partial charge in [-0.3, -0.25) is 14.5 Å². The van der Waals surface area contributed by atoms with E-state index < -0.39 is 5.79 Å². The highest BCUT2D eigenvalue weighted by molar-refractivity contribution is 7.98. The normalized spacial score (nSPS) is 22.9. The van der Waals surface area contributed by atoms with Crippen molar-refractivity contribution in [2.45, 2.75) is 76.3 Å². The first kappa shape index (κ1) is 33.6. The number of morpholine rings is 1. The fourth-order valence-electron chi connectivity index (χ4n) is 7.22. The van der Waals surface area contributed by atoms with Gasteiger partial charge < -0.3 is 29.4 Å². The van der Waals surface area contributed by atoms with Crippen molar-refractivity contribution in [1.82, 2.24) is 20.1 Å². The van der Waals surface area contributed by atoms with Gasteiger partial charge in [0, 0.05) is 77.9 Å². The summed E-state index contributed by atoms with van der Waals surface area (Å²) in [5.74, 6) is 0.459. The molecule has 1 aromatic heterocycles. The van der Waals surface area contributed by atoms with Gasteiger partial charge in [0.1, 0.15) is 0 Å². The van der Waals surface area contributed by atoms with Crippen LogP contribution in [0, 0.1) is 19.8 Å². The molecule has 1 amide bonds. The zero-order valence-electron chi connectivity index (χ0n) is 28.5. The lowest BCUT2D eigenvalue weighted by atomic mass is 9.81. The van der Waals surface area contributed by atoms with E-state index in [1.807, 2.05) is 32.2 Å². The number of hydrogen-bond acceptors (Lipinski definition) is 8. The molecule has 47 heavy (non-hydrogen) atoms. The Morgan fingerprint density at radius 2 is 1.72 bits per heavy atom. The summed E-state index contributed by atoms with van der Waals surface area (Å²) in [5, 5.41) is 3.03. The number of amides is 1. The second-order valence-electron chi connectivity index (χ2n) is 13.5. The van der Waals surface area contributed by atoms with Gasteiger partial charge in [0.25, 0.3) is 17.3 Å². The summed E-state index contributed by atoms with van der Waals surface area (Å²) in [6.45, 7) is 10.2. The topological polar surface area (TPSA) is 96.1 Å². The Bertz CT molecular complexity index is 1660. The summed E-state index contributed by atoms with van der Waals surface area (Å²) in [5.41, 5.74) is 5.42. The van der Waals surface area contributed by atoms with Crippen molar-refractivity contribution in [3.8, 4) is 22.6 Å². The maximum atomic E-state index is 13.9. The van der Waals surface area contributed by atoms with E-state index in [2.05, 4.69) is 65.4 Å². The molecule has 3 heterocycles. The minimum atomic E-state index is -0.826. The summed E-state index contributed by atoms with van der Waals surface area (Å²) >= 11 is 1.50. The number of carbonyl (C=O) groups is 1. The molecule has 0 radical (unpaired) electrons. The van der Waals surface area contributed by atoms with E-state index in [0.717, 1.165) is 85.8 Å². The smallest absolute Gasteiger partial charge is 0.254 e. The van der Waals surface area contributed by atoms with Crippen molar-refractivity contribution >= 4 is 17.7 Å². The number of aryl methyl sites for hydroxylation is 1. The van der Waals surface area contributed by atoms with Crippen molar-refractivity contribution < 1.29 is 19.0 Å². The molecule has 1 saturated heterocycles. The van der Waals surface area contributed by atoms with Crippen LogP contribution in [0.2, 0.25) is 0 Å². The summed E-state index contributed by atoms with van der Waals surface area (Å²) in [7, 11) is 4.30. The number of carbonyl (C=O) groups excluding carboxylic acids is 1. The zero-order chi connectivity index (χ0) is 33.3. The summed E-state index contributed by atoms with van der Waals surface area (Å²) in [4.78, 5) is 35.1. The molecule has 1 aliphatic carbocycles. The minimum absolute atomic E-state index is 0.122. The molecule has 2 N–H and O–H groups in total. The van der Waals surface area contributed by atoms with Crippen LogP contribution in [-0.2, 0) is 17.8 Å². The van der Waals surface area contributed by atoms with Gasteiger partial charge in [-0.15, -0.1) is 11.8 Å². The number of hydrogen-bond donors (Lipinski definition) is 2. The number of fused-ring (bicyclic) bond motifs is 1. The molecule has 3 aromatic rings. The number of H-pyrrole nitrogens is 1. The van der Waals surface area contributed by atoms with Crippen LogP contribution in [0.25, 0.3) is 11.1 Å². The van der Waals surface area contributed by atoms with E-state index in [1.165, 1.54) is 17.3 Å². The van der Waals surface area contributed by atoms with Crippen LogP contribution in [0.4, 0.5) is 0 Å². The lowest BCUT2D eigenvalue weighted by molar-refractivity contribution is -0.123. The summed E-state index contributed by atoms with van der Waals surface area (Å²) < 4.78 is 19.1. The van der Waals surface area contributed by atoms with Gasteiger partial charge >= 0.3 is 0 Å². The minimum Gasteiger partial charge on any atom is -0.448 e. The Labute approximate surface area is 282 Å².